The lowest BCUT2D eigenvalue weighted by Gasteiger charge is -2.09. The number of hydrogen-bond donors (Lipinski definition) is 0. The van der Waals surface area contributed by atoms with Gasteiger partial charge in [0.05, 0.1) is 0 Å². The zero-order chi connectivity index (χ0) is 9.54. The molecule has 1 heteroatoms. The van der Waals surface area contributed by atoms with Gasteiger partial charge in [-0.1, -0.05) is 24.6 Å². The Kier molecular flexibility index (Phi) is 1.73. The van der Waals surface area contributed by atoms with Crippen LogP contribution in [0.25, 0.3) is 0 Å². The third-order valence-electron chi connectivity index (χ3n) is 3.59. The van der Waals surface area contributed by atoms with Gasteiger partial charge in [0.25, 0.3) is 0 Å². The number of ketones is 1. The fourth-order valence-corrected chi connectivity index (χ4v) is 2.94. The van der Waals surface area contributed by atoms with Crippen molar-refractivity contribution in [2.45, 2.75) is 38.0 Å². The molecule has 0 fully saturated rings. The van der Waals surface area contributed by atoms with Crippen LogP contribution in [0.2, 0.25) is 0 Å². The average molecular weight is 186 g/mol. The van der Waals surface area contributed by atoms with Crippen molar-refractivity contribution in [3.63, 3.8) is 0 Å². The van der Waals surface area contributed by atoms with Crippen molar-refractivity contribution < 1.29 is 4.79 Å². The quantitative estimate of drug-likeness (QED) is 0.608. The predicted octanol–water partition coefficient (Wildman–Crippen LogP) is 3.08. The lowest BCUT2D eigenvalue weighted by molar-refractivity contribution is 0.0988. The second-order valence-electron chi connectivity index (χ2n) is 4.45. The van der Waals surface area contributed by atoms with Crippen LogP contribution in [0.1, 0.15) is 53.1 Å². The van der Waals surface area contributed by atoms with E-state index in [1.807, 2.05) is 12.1 Å². The van der Waals surface area contributed by atoms with Crippen LogP contribution < -0.4 is 0 Å². The van der Waals surface area contributed by atoms with Gasteiger partial charge in [0.1, 0.15) is 0 Å². The molecule has 0 aliphatic heterocycles. The second-order valence-corrected chi connectivity index (χ2v) is 4.45. The molecular weight excluding hydrogens is 172 g/mol. The van der Waals surface area contributed by atoms with E-state index in [1.165, 1.54) is 36.8 Å². The van der Waals surface area contributed by atoms with E-state index in [2.05, 4.69) is 6.07 Å². The Balaban J connectivity index is 2.22. The fraction of sp³-hybridized carbons (Fsp3) is 0.462. The summed E-state index contributed by atoms with van der Waals surface area (Å²) in [6.45, 7) is 0. The maximum Gasteiger partial charge on any atom is 0.163 e. The molecule has 0 spiro atoms. The van der Waals surface area contributed by atoms with Crippen LogP contribution in [-0.4, -0.2) is 5.78 Å². The summed E-state index contributed by atoms with van der Waals surface area (Å²) in [5.74, 6) is 0.921. The maximum atomic E-state index is 11.7. The fourth-order valence-electron chi connectivity index (χ4n) is 2.94. The van der Waals surface area contributed by atoms with Gasteiger partial charge < -0.3 is 0 Å². The molecule has 2 aliphatic carbocycles. The Morgan fingerprint density at radius 3 is 3.07 bits per heavy atom. The van der Waals surface area contributed by atoms with Crippen molar-refractivity contribution in [1.29, 1.82) is 0 Å². The average Bonchev–Trinajstić information content (AvgIpc) is 2.41. The van der Waals surface area contributed by atoms with Gasteiger partial charge in [0, 0.05) is 12.0 Å². The van der Waals surface area contributed by atoms with Gasteiger partial charge in [-0.05, 0) is 36.3 Å². The second kappa shape index (κ2) is 2.94. The lowest BCUT2D eigenvalue weighted by atomic mass is 9.95. The molecule has 0 saturated carbocycles. The molecular formula is C13H14O. The highest BCUT2D eigenvalue weighted by Crippen LogP contribution is 2.41. The van der Waals surface area contributed by atoms with Gasteiger partial charge >= 0.3 is 0 Å². The van der Waals surface area contributed by atoms with Crippen LogP contribution in [0.5, 0.6) is 0 Å². The van der Waals surface area contributed by atoms with Crippen LogP contribution in [0.4, 0.5) is 0 Å². The summed E-state index contributed by atoms with van der Waals surface area (Å²) >= 11 is 0. The predicted molar refractivity (Wildman–Crippen MR) is 55.7 cm³/mol. The smallest absolute Gasteiger partial charge is 0.163 e. The minimum absolute atomic E-state index is 0.369. The first-order chi connectivity index (χ1) is 6.86. The molecule has 0 radical (unpaired) electrons. The number of carbonyl (C=O) groups excluding carboxylic acids is 1. The first-order valence-electron chi connectivity index (χ1n) is 5.51. The molecule has 3 rings (SSSR count). The van der Waals surface area contributed by atoms with E-state index in [0.29, 0.717) is 11.7 Å². The summed E-state index contributed by atoms with van der Waals surface area (Å²) in [6, 6.07) is 6.25. The Bertz CT molecular complexity index is 392. The SMILES string of the molecule is O=C1CC2CCCCc3cccc1c32. The normalized spacial score (nSPS) is 24.6. The van der Waals surface area contributed by atoms with Crippen LogP contribution in [0.3, 0.4) is 0 Å². The summed E-state index contributed by atoms with van der Waals surface area (Å²) in [6.07, 6.45) is 5.74. The Hall–Kier alpha value is -1.11. The molecule has 0 bridgehead atoms. The molecule has 72 valence electrons. The summed E-state index contributed by atoms with van der Waals surface area (Å²) < 4.78 is 0. The van der Waals surface area contributed by atoms with E-state index in [-0.39, 0.29) is 0 Å². The molecule has 0 aromatic heterocycles. The van der Waals surface area contributed by atoms with E-state index in [0.717, 1.165) is 12.0 Å². The zero-order valence-electron chi connectivity index (χ0n) is 8.25. The van der Waals surface area contributed by atoms with Gasteiger partial charge in [0.15, 0.2) is 5.78 Å². The summed E-state index contributed by atoms with van der Waals surface area (Å²) in [5, 5.41) is 0. The largest absolute Gasteiger partial charge is 0.294 e. The number of rotatable bonds is 0. The molecule has 0 saturated heterocycles. The molecule has 1 nitrogen and oxygen atoms in total. The molecule has 0 N–H and O–H groups in total. The van der Waals surface area contributed by atoms with E-state index in [4.69, 9.17) is 0 Å². The number of Topliss-reactive ketones (excluding diaryl/α,β-unsaturated/α-hetero) is 1. The Morgan fingerprint density at radius 2 is 2.14 bits per heavy atom. The third-order valence-corrected chi connectivity index (χ3v) is 3.59. The first kappa shape index (κ1) is 8.22. The first-order valence-corrected chi connectivity index (χ1v) is 5.51. The molecule has 0 amide bonds. The van der Waals surface area contributed by atoms with Gasteiger partial charge in [-0.3, -0.25) is 4.79 Å². The lowest BCUT2D eigenvalue weighted by Crippen LogP contribution is -1.94. The monoisotopic (exact) mass is 186 g/mol. The van der Waals surface area contributed by atoms with Gasteiger partial charge in [-0.25, -0.2) is 0 Å². The van der Waals surface area contributed by atoms with Gasteiger partial charge in [-0.15, -0.1) is 0 Å². The van der Waals surface area contributed by atoms with E-state index < -0.39 is 0 Å². The summed E-state index contributed by atoms with van der Waals surface area (Å²) in [5.41, 5.74) is 3.86. The van der Waals surface area contributed by atoms with Crippen LogP contribution >= 0.6 is 0 Å². The number of aryl methyl sites for hydroxylation is 1. The highest BCUT2D eigenvalue weighted by Gasteiger charge is 2.31. The summed E-state index contributed by atoms with van der Waals surface area (Å²) in [4.78, 5) is 11.7. The third kappa shape index (κ3) is 1.05. The highest BCUT2D eigenvalue weighted by molar-refractivity contribution is 6.01. The van der Waals surface area contributed by atoms with Crippen LogP contribution in [0.15, 0.2) is 18.2 Å². The van der Waals surface area contributed by atoms with Crippen molar-refractivity contribution in [3.8, 4) is 0 Å². The molecule has 1 unspecified atom stereocenters. The Morgan fingerprint density at radius 1 is 1.21 bits per heavy atom. The van der Waals surface area contributed by atoms with Crippen molar-refractivity contribution in [2.75, 3.05) is 0 Å². The molecule has 0 heterocycles. The topological polar surface area (TPSA) is 17.1 Å². The number of hydrogen-bond acceptors (Lipinski definition) is 1. The van der Waals surface area contributed by atoms with Crippen LogP contribution in [0, 0.1) is 0 Å². The zero-order valence-corrected chi connectivity index (χ0v) is 8.25. The van der Waals surface area contributed by atoms with E-state index in [9.17, 15) is 4.79 Å². The maximum absolute atomic E-state index is 11.7. The van der Waals surface area contributed by atoms with E-state index in [1.54, 1.807) is 0 Å². The van der Waals surface area contributed by atoms with Crippen molar-refractivity contribution in [3.05, 3.63) is 34.9 Å². The summed E-state index contributed by atoms with van der Waals surface area (Å²) in [7, 11) is 0. The number of benzene rings is 1. The molecule has 1 aromatic rings. The van der Waals surface area contributed by atoms with Gasteiger partial charge in [-0.2, -0.15) is 0 Å². The van der Waals surface area contributed by atoms with Gasteiger partial charge in [0.2, 0.25) is 0 Å². The minimum atomic E-state index is 0.369. The molecule has 1 atom stereocenters. The number of carbonyl (C=O) groups is 1. The minimum Gasteiger partial charge on any atom is -0.294 e. The van der Waals surface area contributed by atoms with E-state index >= 15 is 0 Å². The molecule has 1 aromatic carbocycles. The van der Waals surface area contributed by atoms with Crippen molar-refractivity contribution in [2.24, 2.45) is 0 Å². The van der Waals surface area contributed by atoms with Crippen LogP contribution in [-0.2, 0) is 6.42 Å². The Labute approximate surface area is 84.1 Å². The van der Waals surface area contributed by atoms with Crippen molar-refractivity contribution >= 4 is 5.78 Å². The molecule has 2 aliphatic rings. The van der Waals surface area contributed by atoms with Crippen molar-refractivity contribution in [1.82, 2.24) is 0 Å². The molecule has 14 heavy (non-hydrogen) atoms. The highest BCUT2D eigenvalue weighted by atomic mass is 16.1. The standard InChI is InChI=1S/C13H14O/c14-12-8-10-5-2-1-4-9-6-3-7-11(12)13(9)10/h3,6-7,10H,1-2,4-5,8H2.